The van der Waals surface area contributed by atoms with Crippen LogP contribution >= 0.6 is 11.6 Å². The second kappa shape index (κ2) is 13.4. The number of halogens is 4. The van der Waals surface area contributed by atoms with Crippen molar-refractivity contribution in [3.05, 3.63) is 59.0 Å². The van der Waals surface area contributed by atoms with Crippen molar-refractivity contribution in [3.63, 3.8) is 0 Å². The Morgan fingerprint density at radius 3 is 2.45 bits per heavy atom. The first kappa shape index (κ1) is 32.1. The number of nitrogens with zero attached hydrogens (tertiary/aromatic N) is 4. The highest BCUT2D eigenvalue weighted by molar-refractivity contribution is 6.31. The van der Waals surface area contributed by atoms with Crippen molar-refractivity contribution in [1.29, 1.82) is 0 Å². The minimum absolute atomic E-state index is 0.0576. The number of aliphatic hydroxyl groups is 3. The van der Waals surface area contributed by atoms with Gasteiger partial charge in [-0.15, -0.1) is 5.10 Å². The molecule has 1 saturated carbocycles. The van der Waals surface area contributed by atoms with Crippen LogP contribution in [0.4, 0.5) is 18.9 Å². The first-order valence-corrected chi connectivity index (χ1v) is 14.3. The fraction of sp³-hybridized carbons (Fsp3) is 0.483. The molecule has 0 bridgehead atoms. The number of aromatic nitrogens is 3. The molecule has 0 spiro atoms. The molecule has 44 heavy (non-hydrogen) atoms. The maximum atomic E-state index is 14.5. The molecule has 0 unspecified atom stereocenters. The van der Waals surface area contributed by atoms with Crippen molar-refractivity contribution in [2.75, 3.05) is 25.7 Å². The largest absolute Gasteiger partial charge is 0.497 e. The van der Waals surface area contributed by atoms with Crippen LogP contribution in [0.25, 0.3) is 11.3 Å². The van der Waals surface area contributed by atoms with Crippen LogP contribution in [-0.4, -0.2) is 93.6 Å². The molecule has 1 aliphatic heterocycles. The number of hydrogen-bond acceptors (Lipinski definition) is 9. The van der Waals surface area contributed by atoms with E-state index in [-0.39, 0.29) is 16.3 Å². The molecule has 3 N–H and O–H groups in total. The summed E-state index contributed by atoms with van der Waals surface area (Å²) in [6.07, 6.45) is -2.63. The average Bonchev–Trinajstić information content (AvgIpc) is 3.50. The topological polar surface area (TPSA) is 139 Å². The molecule has 1 amide bonds. The number of aliphatic hydroxyl groups excluding tert-OH is 3. The Kier molecular flexibility index (Phi) is 9.77. The molecule has 2 fully saturated rings. The van der Waals surface area contributed by atoms with Crippen LogP contribution in [0.3, 0.4) is 0 Å². The molecular weight excluding hydrogens is 609 g/mol. The lowest BCUT2D eigenvalue weighted by Crippen LogP contribution is -2.63. The van der Waals surface area contributed by atoms with Crippen molar-refractivity contribution >= 4 is 23.2 Å². The van der Waals surface area contributed by atoms with Crippen LogP contribution in [0, 0.1) is 17.5 Å². The summed E-state index contributed by atoms with van der Waals surface area (Å²) < 4.78 is 59.5. The van der Waals surface area contributed by atoms with Gasteiger partial charge in [0.15, 0.2) is 23.6 Å². The van der Waals surface area contributed by atoms with E-state index in [0.29, 0.717) is 24.3 Å². The van der Waals surface area contributed by atoms with Crippen molar-refractivity contribution < 1.29 is 47.5 Å². The fourth-order valence-electron chi connectivity index (χ4n) is 5.93. The first-order chi connectivity index (χ1) is 21.1. The predicted molar refractivity (Wildman–Crippen MR) is 151 cm³/mol. The lowest BCUT2D eigenvalue weighted by atomic mass is 9.88. The third-order valence-electron chi connectivity index (χ3n) is 8.11. The van der Waals surface area contributed by atoms with Crippen LogP contribution in [0.15, 0.2) is 36.5 Å². The predicted octanol–water partition coefficient (Wildman–Crippen LogP) is 3.04. The molecule has 2 heterocycles. The third kappa shape index (κ3) is 6.14. The summed E-state index contributed by atoms with van der Waals surface area (Å²) in [5, 5.41) is 40.5. The molecule has 1 saturated heterocycles. The molecule has 2 aromatic carbocycles. The van der Waals surface area contributed by atoms with Crippen molar-refractivity contribution in [1.82, 2.24) is 15.0 Å². The molecule has 7 atom stereocenters. The van der Waals surface area contributed by atoms with Crippen molar-refractivity contribution in [3.8, 4) is 17.0 Å². The van der Waals surface area contributed by atoms with Crippen molar-refractivity contribution in [2.24, 2.45) is 0 Å². The van der Waals surface area contributed by atoms with Gasteiger partial charge in [-0.2, -0.15) is 0 Å². The Balaban J connectivity index is 1.55. The van der Waals surface area contributed by atoms with Gasteiger partial charge in [-0.25, -0.2) is 17.9 Å². The van der Waals surface area contributed by atoms with Gasteiger partial charge in [0.05, 0.1) is 32.1 Å². The Morgan fingerprint density at radius 2 is 1.82 bits per heavy atom. The number of carbonyl (C=O) groups is 1. The van der Waals surface area contributed by atoms with Crippen LogP contribution < -0.4 is 9.64 Å². The van der Waals surface area contributed by atoms with Crippen LogP contribution in [0.5, 0.6) is 5.75 Å². The first-order valence-electron chi connectivity index (χ1n) is 14.0. The fourth-order valence-corrected chi connectivity index (χ4v) is 6.15. The summed E-state index contributed by atoms with van der Waals surface area (Å²) in [7, 11) is 2.74. The summed E-state index contributed by atoms with van der Waals surface area (Å²) in [4.78, 5) is 15.9. The van der Waals surface area contributed by atoms with Gasteiger partial charge >= 0.3 is 0 Å². The molecule has 0 radical (unpaired) electrons. The Morgan fingerprint density at radius 1 is 1.11 bits per heavy atom. The second-order valence-electron chi connectivity index (χ2n) is 10.8. The average molecular weight is 641 g/mol. The van der Waals surface area contributed by atoms with Crippen LogP contribution in [0.2, 0.25) is 5.02 Å². The summed E-state index contributed by atoms with van der Waals surface area (Å²) in [5.41, 5.74) is 0.148. The summed E-state index contributed by atoms with van der Waals surface area (Å²) in [5.74, 6) is -4.77. The normalized spacial score (nSPS) is 27.2. The van der Waals surface area contributed by atoms with E-state index < -0.39 is 72.6 Å². The molecule has 1 aliphatic carbocycles. The number of benzene rings is 2. The summed E-state index contributed by atoms with van der Waals surface area (Å²) in [6.45, 7) is -0.690. The van der Waals surface area contributed by atoms with E-state index in [4.69, 9.17) is 25.8 Å². The van der Waals surface area contributed by atoms with Gasteiger partial charge in [-0.05, 0) is 37.1 Å². The number of methoxy groups -OCH3 is 2. The zero-order valence-electron chi connectivity index (χ0n) is 23.8. The SMILES string of the molecule is COc1cc(Cl)cc(N(C(=O)[C@@H]2O[C@H](CO)[C@H](O)[C@H](n3cc(-c4cc(F)c(F)c(F)c4)nn3)[C@H]2OC)[C@H]2CCCC[C@@H]2O)c1. The highest BCUT2D eigenvalue weighted by atomic mass is 35.5. The van der Waals surface area contributed by atoms with Gasteiger partial charge in [0.2, 0.25) is 0 Å². The number of carbonyl (C=O) groups excluding carboxylic acids is 1. The van der Waals surface area contributed by atoms with Gasteiger partial charge in [0, 0.05) is 29.4 Å². The molecule has 2 aliphatic rings. The van der Waals surface area contributed by atoms with Gasteiger partial charge in [0.25, 0.3) is 5.91 Å². The van der Waals surface area contributed by atoms with E-state index in [1.54, 1.807) is 18.2 Å². The zero-order chi connectivity index (χ0) is 31.7. The number of hydrogen-bond donors (Lipinski definition) is 3. The highest BCUT2D eigenvalue weighted by Gasteiger charge is 2.52. The highest BCUT2D eigenvalue weighted by Crippen LogP contribution is 2.38. The summed E-state index contributed by atoms with van der Waals surface area (Å²) >= 11 is 6.35. The van der Waals surface area contributed by atoms with E-state index in [1.165, 1.54) is 25.3 Å². The van der Waals surface area contributed by atoms with Gasteiger partial charge in [-0.1, -0.05) is 29.7 Å². The van der Waals surface area contributed by atoms with Gasteiger partial charge < -0.3 is 34.4 Å². The molecular formula is C29H32ClF3N4O7. The monoisotopic (exact) mass is 640 g/mol. The number of rotatable bonds is 8. The molecule has 1 aromatic heterocycles. The number of anilines is 1. The smallest absolute Gasteiger partial charge is 0.259 e. The minimum atomic E-state index is -1.64. The maximum Gasteiger partial charge on any atom is 0.259 e. The van der Waals surface area contributed by atoms with Crippen molar-refractivity contribution in [2.45, 2.75) is 68.3 Å². The zero-order valence-corrected chi connectivity index (χ0v) is 24.6. The van der Waals surface area contributed by atoms with Crippen LogP contribution in [0.1, 0.15) is 31.7 Å². The van der Waals surface area contributed by atoms with Crippen LogP contribution in [-0.2, 0) is 14.3 Å². The van der Waals surface area contributed by atoms with E-state index in [9.17, 15) is 33.3 Å². The maximum absolute atomic E-state index is 14.5. The Bertz CT molecular complexity index is 1470. The molecule has 3 aromatic rings. The lowest BCUT2D eigenvalue weighted by Gasteiger charge is -2.46. The number of ether oxygens (including phenoxy) is 3. The van der Waals surface area contributed by atoms with Gasteiger partial charge in [0.1, 0.15) is 35.8 Å². The standard InChI is InChI=1S/C29H32ClF3N4O7/c1-42-17-10-15(30)9-16(11-17)37(21-5-3-4-6-22(21)39)29(41)28-27(43-2)25(26(40)23(13-38)44-28)36-12-20(34-35-36)14-7-18(31)24(33)19(32)8-14/h7-12,21-23,25-28,38-40H,3-6,13H2,1-2H3/t21-,22-,23+,25-,26-,27+,28+/m0/s1. The molecule has 5 rings (SSSR count). The van der Waals surface area contributed by atoms with E-state index in [0.717, 1.165) is 29.7 Å². The quantitative estimate of drug-likeness (QED) is 0.317. The van der Waals surface area contributed by atoms with E-state index >= 15 is 0 Å². The third-order valence-corrected chi connectivity index (χ3v) is 8.33. The van der Waals surface area contributed by atoms with E-state index in [1.807, 2.05) is 0 Å². The second-order valence-corrected chi connectivity index (χ2v) is 11.2. The minimum Gasteiger partial charge on any atom is -0.497 e. The Labute approximate surface area is 255 Å². The summed E-state index contributed by atoms with van der Waals surface area (Å²) in [6, 6.07) is 4.34. The Hall–Kier alpha value is -3.27. The lowest BCUT2D eigenvalue weighted by molar-refractivity contribution is -0.211. The van der Waals surface area contributed by atoms with E-state index in [2.05, 4.69) is 10.3 Å². The van der Waals surface area contributed by atoms with Gasteiger partial charge in [-0.3, -0.25) is 4.79 Å². The number of amides is 1. The molecule has 11 nitrogen and oxygen atoms in total. The molecule has 15 heteroatoms. The molecule has 238 valence electrons.